The van der Waals surface area contributed by atoms with Crippen LogP contribution in [0.15, 0.2) is 84.9 Å². The molecule has 46 nitrogen and oxygen atoms in total. The Morgan fingerprint density at radius 2 is 0.606 bits per heavy atom. The maximum absolute atomic E-state index is 14.9. The van der Waals surface area contributed by atoms with Crippen molar-refractivity contribution >= 4 is 124 Å². The Bertz CT molecular complexity index is 4330. The number of aliphatic hydroxyl groups is 1. The lowest BCUT2D eigenvalue weighted by Gasteiger charge is -2.30. The fourth-order valence-corrected chi connectivity index (χ4v) is 12.4. The van der Waals surface area contributed by atoms with E-state index >= 15 is 0 Å². The summed E-state index contributed by atoms with van der Waals surface area (Å²) in [6.07, 6.45) is -12.9. The Morgan fingerprint density at radius 1 is 0.323 bits per heavy atom. The molecule has 16 atom stereocenters. The highest BCUT2D eigenvalue weighted by Gasteiger charge is 2.41. The summed E-state index contributed by atoms with van der Waals surface area (Å²) in [7, 11) is 0. The summed E-state index contributed by atoms with van der Waals surface area (Å²) in [4.78, 5) is 282. The molecule has 0 unspecified atom stereocenters. The number of phenols is 1. The number of carbonyl (C=O) groups is 21. The van der Waals surface area contributed by atoms with Gasteiger partial charge in [-0.1, -0.05) is 107 Å². The first-order valence-corrected chi connectivity index (χ1v) is 40.5. The number of aliphatic hydroxyl groups excluding tert-OH is 1. The zero-order valence-corrected chi connectivity index (χ0v) is 70.4. The van der Waals surface area contributed by atoms with E-state index in [9.17, 15) is 142 Å². The predicted molar refractivity (Wildman–Crippen MR) is 442 cm³/mol. The van der Waals surface area contributed by atoms with Gasteiger partial charge in [0.25, 0.3) is 0 Å². The van der Waals surface area contributed by atoms with Crippen LogP contribution < -0.4 is 86.3 Å². The number of carbonyl (C=O) groups excluding carboxylic acids is 14. The van der Waals surface area contributed by atoms with Crippen LogP contribution in [0.25, 0.3) is 0 Å². The fourth-order valence-electron chi connectivity index (χ4n) is 12.4. The summed E-state index contributed by atoms with van der Waals surface area (Å²) >= 11 is 0. The number of nitrogens with two attached hydrogens (primary N) is 3. The number of aromatic hydroxyl groups is 1. The van der Waals surface area contributed by atoms with Gasteiger partial charge < -0.3 is 132 Å². The molecule has 0 spiro atoms. The van der Waals surface area contributed by atoms with Crippen molar-refractivity contribution in [1.29, 1.82) is 0 Å². The highest BCUT2D eigenvalue weighted by molar-refractivity contribution is 6.01. The van der Waals surface area contributed by atoms with E-state index in [2.05, 4.69) is 58.5 Å². The normalized spacial score (nSPS) is 14.8. The first kappa shape index (κ1) is 107. The second-order valence-electron chi connectivity index (χ2n) is 30.3. The molecule has 0 bridgehead atoms. The largest absolute Gasteiger partial charge is 0.508 e. The molecule has 3 rings (SSSR count). The van der Waals surface area contributed by atoms with Crippen molar-refractivity contribution in [3.8, 4) is 5.75 Å². The fraction of sp³-hybridized carbons (Fsp3) is 0.519. The molecule has 0 fully saturated rings. The van der Waals surface area contributed by atoms with Crippen LogP contribution in [0.1, 0.15) is 154 Å². The van der Waals surface area contributed by atoms with Crippen molar-refractivity contribution in [2.24, 2.45) is 29.0 Å². The van der Waals surface area contributed by atoms with Crippen LogP contribution in [-0.4, -0.2) is 268 Å². The highest BCUT2D eigenvalue weighted by atomic mass is 16.4. The summed E-state index contributed by atoms with van der Waals surface area (Å²) in [5.74, 6) is -30.3. The Morgan fingerprint density at radius 3 is 0.953 bits per heavy atom. The van der Waals surface area contributed by atoms with E-state index in [1.54, 1.807) is 55.6 Å². The van der Waals surface area contributed by atoms with E-state index in [0.717, 1.165) is 0 Å². The third-order valence-corrected chi connectivity index (χ3v) is 19.7. The Kier molecular flexibility index (Phi) is 46.3. The third-order valence-electron chi connectivity index (χ3n) is 19.7. The number of aliphatic carboxylic acids is 7. The molecule has 0 aliphatic rings. The van der Waals surface area contributed by atoms with Crippen LogP contribution in [0.3, 0.4) is 0 Å². The van der Waals surface area contributed by atoms with Gasteiger partial charge in [0.05, 0.1) is 18.9 Å². The number of carboxylic acids is 7. The average Bonchev–Trinajstić information content (AvgIpc) is 0.853. The van der Waals surface area contributed by atoms with Gasteiger partial charge in [-0.05, 0) is 105 Å². The van der Waals surface area contributed by atoms with Crippen LogP contribution in [0.5, 0.6) is 5.75 Å². The van der Waals surface area contributed by atoms with Crippen LogP contribution >= 0.6 is 0 Å². The van der Waals surface area contributed by atoms with Crippen LogP contribution in [0.2, 0.25) is 0 Å². The third kappa shape index (κ3) is 40.2. The number of carboxylic acid groups (broad SMARTS) is 7. The summed E-state index contributed by atoms with van der Waals surface area (Å²) < 4.78 is 0. The van der Waals surface area contributed by atoms with E-state index < -0.39 is 310 Å². The molecule has 28 N–H and O–H groups in total. The monoisotopic (exact) mass is 1790 g/mol. The van der Waals surface area contributed by atoms with Crippen molar-refractivity contribution in [2.45, 2.75) is 247 Å². The quantitative estimate of drug-likeness (QED) is 0.0235. The average molecular weight is 1790 g/mol. The minimum absolute atomic E-state index is 0.0000750. The summed E-state index contributed by atoms with van der Waals surface area (Å²) in [6.45, 7) is 7.34. The zero-order valence-electron chi connectivity index (χ0n) is 70.4. The Labute approximate surface area is 727 Å². The van der Waals surface area contributed by atoms with Crippen molar-refractivity contribution in [3.63, 3.8) is 0 Å². The maximum atomic E-state index is 14.9. The van der Waals surface area contributed by atoms with Crippen molar-refractivity contribution in [1.82, 2.24) is 69.1 Å². The van der Waals surface area contributed by atoms with Gasteiger partial charge in [-0.15, -0.1) is 0 Å². The van der Waals surface area contributed by atoms with Gasteiger partial charge >= 0.3 is 41.8 Å². The van der Waals surface area contributed by atoms with E-state index in [1.165, 1.54) is 69.3 Å². The lowest BCUT2D eigenvalue weighted by molar-refractivity contribution is -0.148. The molecule has 0 aliphatic carbocycles. The van der Waals surface area contributed by atoms with Gasteiger partial charge in [0.2, 0.25) is 82.7 Å². The number of nitrogens with one attached hydrogen (secondary N) is 13. The van der Waals surface area contributed by atoms with Gasteiger partial charge in [0.1, 0.15) is 90.3 Å². The van der Waals surface area contributed by atoms with E-state index in [1.807, 2.05) is 5.32 Å². The first-order chi connectivity index (χ1) is 59.7. The molecule has 3 aromatic carbocycles. The molecule has 0 heterocycles. The zero-order chi connectivity index (χ0) is 95.5. The first-order valence-electron chi connectivity index (χ1n) is 40.5. The molecule has 698 valence electrons. The molecule has 3 aromatic rings. The van der Waals surface area contributed by atoms with Crippen LogP contribution in [0.4, 0.5) is 0 Å². The van der Waals surface area contributed by atoms with Crippen LogP contribution in [0, 0.1) is 11.8 Å². The lowest BCUT2D eigenvalue weighted by Crippen LogP contribution is -2.62. The Balaban J connectivity index is 2.07. The molecule has 0 saturated carbocycles. The van der Waals surface area contributed by atoms with Crippen LogP contribution in [-0.2, 0) is 120 Å². The number of amides is 14. The molecule has 46 heteroatoms. The van der Waals surface area contributed by atoms with Gasteiger partial charge in [0, 0.05) is 51.4 Å². The van der Waals surface area contributed by atoms with Crippen molar-refractivity contribution in [2.75, 3.05) is 6.54 Å². The molecule has 14 amide bonds. The smallest absolute Gasteiger partial charge is 0.326 e. The topological polar surface area (TPSA) is 775 Å². The number of unbranched alkanes of at least 4 members (excludes halogenated alkanes) is 1. The van der Waals surface area contributed by atoms with Crippen molar-refractivity contribution in [3.05, 3.63) is 102 Å². The molecule has 127 heavy (non-hydrogen) atoms. The standard InChI is InChI=1S/C81H114N16O30/c1-6-41(4)67(97-77(122)55(93-78(123)65(84)42(5)98)37-45-20-22-46(99)23-21-45)80(125)94-54(36-44-17-11-8-12-18-44)75(120)89-52(28-33-62(107)108)73(118)96-66(40(2)3)79(124)90-51(27-32-61(105)106)72(117)91-53(35-43-15-9-7-10-16-43)74(119)88-48(24-29-58(83)100)69(114)85-47(19-13-14-34-82)68(113)86-49(25-30-59(101)102)70(115)87-50(26-31-60(103)104)71(116)92-56(38-63(109)110)76(121)95-57(81(126)127)39-64(111)112/h7-12,15-18,20-23,40-42,47-57,65-67,98-99H,6,13-14,19,24-39,82,84H2,1-5H3,(H2,83,100)(H,85,114)(H,86,113)(H,87,115)(H,88,119)(H,89,120)(H,90,124)(H,91,117)(H,92,116)(H,93,123)(H,94,125)(H,95,121)(H,96,118)(H,97,122)(H,101,102)(H,103,104)(H,105,106)(H,107,108)(H,109,110)(H,111,112)(H,126,127)/t41-,42+,47-,48-,49-,50-,51-,52-,53-,54-,55-,56-,57-,65-,66-,67-/m0/s1. The van der Waals surface area contributed by atoms with Gasteiger partial charge in [-0.3, -0.25) is 95.9 Å². The molecule has 0 aliphatic heterocycles. The molecular formula is C81H114N16O30. The Hall–Kier alpha value is -13.8. The van der Waals surface area contributed by atoms with E-state index in [4.69, 9.17) is 22.3 Å². The second kappa shape index (κ2) is 54.7. The second-order valence-corrected chi connectivity index (χ2v) is 30.3. The van der Waals surface area contributed by atoms with Gasteiger partial charge in [-0.25, -0.2) is 4.79 Å². The van der Waals surface area contributed by atoms with E-state index in [-0.39, 0.29) is 50.8 Å². The number of hydrogen-bond donors (Lipinski definition) is 25. The number of rotatable bonds is 60. The number of hydrogen-bond acceptors (Lipinski definition) is 25. The molecule has 0 aromatic heterocycles. The van der Waals surface area contributed by atoms with Gasteiger partial charge in [-0.2, -0.15) is 0 Å². The lowest BCUT2D eigenvalue weighted by atomic mass is 9.96. The SMILES string of the molecule is CC[C@H](C)[C@H](NC(=O)[C@H](Cc1ccc(O)cc1)NC(=O)[C@@H](N)[C@@H](C)O)C(=O)N[C@@H](Cc1ccccc1)C(=O)N[C@@H](CCC(=O)O)C(=O)N[C@H](C(=O)N[C@@H](CCC(=O)O)C(=O)N[C@@H](Cc1ccccc1)C(=O)N[C@@H](CCC(N)=O)C(=O)N[C@@H](CCCCN)C(=O)N[C@@H](CCC(=O)O)C(=O)N[C@@H](CCC(=O)O)C(=O)N[C@@H](CC(=O)O)C(=O)N[C@@H](CC(=O)O)C(=O)O)C(C)C. The molecule has 0 radical (unpaired) electrons. The maximum Gasteiger partial charge on any atom is 0.326 e. The number of primary amides is 1. The van der Waals surface area contributed by atoms with Crippen molar-refractivity contribution < 1.29 is 147 Å². The molecule has 0 saturated heterocycles. The minimum Gasteiger partial charge on any atom is -0.508 e. The minimum atomic E-state index is -2.23. The number of benzene rings is 3. The summed E-state index contributed by atoms with van der Waals surface area (Å²) in [5, 5.41) is 118. The number of phenolic OH excluding ortho intramolecular Hbond substituents is 1. The molecular weight excluding hydrogens is 1680 g/mol. The predicted octanol–water partition coefficient (Wildman–Crippen LogP) is -4.98. The van der Waals surface area contributed by atoms with E-state index in [0.29, 0.717) is 16.7 Å². The van der Waals surface area contributed by atoms with Gasteiger partial charge in [0.15, 0.2) is 0 Å². The summed E-state index contributed by atoms with van der Waals surface area (Å²) in [6, 6.07) is -4.38. The highest BCUT2D eigenvalue weighted by Crippen LogP contribution is 2.18. The summed E-state index contributed by atoms with van der Waals surface area (Å²) in [5.41, 5.74) is 18.3.